The molecule has 328 valence electrons. The van der Waals surface area contributed by atoms with Crippen LogP contribution in [0.1, 0.15) is 96.9 Å². The number of rotatable bonds is 9. The molecule has 9 rings (SSSR count). The Morgan fingerprint density at radius 2 is 1.40 bits per heavy atom. The molecule has 6 heterocycles. The van der Waals surface area contributed by atoms with Crippen LogP contribution in [0.3, 0.4) is 0 Å². The summed E-state index contributed by atoms with van der Waals surface area (Å²) in [6, 6.07) is 18.0. The van der Waals surface area contributed by atoms with E-state index < -0.39 is 12.1 Å². The van der Waals surface area contributed by atoms with Crippen molar-refractivity contribution in [3.63, 3.8) is 0 Å². The average molecular weight is 844 g/mol. The summed E-state index contributed by atoms with van der Waals surface area (Å²) < 4.78 is 16.8. The minimum Gasteiger partial charge on any atom is -0.453 e. The standard InChI is InChI=1S/C49H61N7O6/c1-29(2)31(5)45(57)55-25-48(17-7-19-61-27-48)22-39(55)43-50-24-38(52-43)33-11-9-32(10-12-33)34-13-15-36-35(21-34)14-16-37-42(36)53-44(51-37)40-23-49(18-8-20-62-28-49)26-56(40)46(58)41(30(3)4)54-47(59)60-6/h9-16,21,24,29-31,39-41H,7-8,17-20,22-23,25-28H2,1-6H3,(H,50,52)(H,51,53)(H,54,59)/t31-,39-,40-,41-,48-,49-/m0/s1. The van der Waals surface area contributed by atoms with Crippen molar-refractivity contribution < 1.29 is 28.6 Å². The molecule has 5 aromatic rings. The third-order valence-electron chi connectivity index (χ3n) is 14.4. The van der Waals surface area contributed by atoms with Gasteiger partial charge in [-0.1, -0.05) is 77.1 Å². The number of aromatic amines is 2. The van der Waals surface area contributed by atoms with Crippen LogP contribution in [0.25, 0.3) is 44.2 Å². The number of carbonyl (C=O) groups is 3. The van der Waals surface area contributed by atoms with Crippen LogP contribution in [0, 0.1) is 28.6 Å². The number of ether oxygens (including phenoxy) is 3. The number of imidazole rings is 2. The Bertz CT molecular complexity index is 2440. The first kappa shape index (κ1) is 42.1. The molecule has 4 aliphatic rings. The summed E-state index contributed by atoms with van der Waals surface area (Å²) in [5.74, 6) is 1.69. The van der Waals surface area contributed by atoms with Gasteiger partial charge in [0.1, 0.15) is 17.7 Å². The number of benzene rings is 3. The summed E-state index contributed by atoms with van der Waals surface area (Å²) in [6.45, 7) is 14.2. The summed E-state index contributed by atoms with van der Waals surface area (Å²) in [6.07, 6.45) is 6.86. The fraction of sp³-hybridized carbons (Fsp3) is 0.531. The van der Waals surface area contributed by atoms with Crippen molar-refractivity contribution in [3.8, 4) is 22.4 Å². The van der Waals surface area contributed by atoms with E-state index in [0.29, 0.717) is 26.3 Å². The monoisotopic (exact) mass is 843 g/mol. The first-order valence-corrected chi connectivity index (χ1v) is 22.6. The molecular formula is C49H61N7O6. The van der Waals surface area contributed by atoms with Gasteiger partial charge in [0.15, 0.2) is 0 Å². The molecule has 4 saturated heterocycles. The van der Waals surface area contributed by atoms with Gasteiger partial charge in [-0.15, -0.1) is 0 Å². The zero-order chi connectivity index (χ0) is 43.3. The molecular weight excluding hydrogens is 783 g/mol. The molecule has 4 fully saturated rings. The highest BCUT2D eigenvalue weighted by Crippen LogP contribution is 2.49. The number of H-pyrrole nitrogens is 2. The van der Waals surface area contributed by atoms with Crippen LogP contribution >= 0.6 is 0 Å². The maximum absolute atomic E-state index is 14.3. The second kappa shape index (κ2) is 16.8. The topological polar surface area (TPSA) is 155 Å². The molecule has 3 amide bonds. The fourth-order valence-electron chi connectivity index (χ4n) is 10.5. The highest BCUT2D eigenvalue weighted by Gasteiger charge is 2.51. The lowest BCUT2D eigenvalue weighted by Crippen LogP contribution is -2.51. The number of carbonyl (C=O) groups excluding carboxylic acids is 3. The van der Waals surface area contributed by atoms with Gasteiger partial charge in [-0.2, -0.15) is 0 Å². The van der Waals surface area contributed by atoms with Gasteiger partial charge in [0.25, 0.3) is 0 Å². The predicted molar refractivity (Wildman–Crippen MR) is 238 cm³/mol. The van der Waals surface area contributed by atoms with Gasteiger partial charge in [0.2, 0.25) is 11.8 Å². The Labute approximate surface area is 363 Å². The second-order valence-corrected chi connectivity index (χ2v) is 19.4. The SMILES string of the molecule is COC(=O)N[C@H](C(=O)N1C[C@]2(CCCOC2)C[C@H]1c1nc2ccc3cc(-c4ccc(-c5cnc([C@@H]6C[C@@]7(CCCOC7)CN6C(=O)[C@@H](C)C(C)C)[nH]5)cc4)ccc3c2[nH]1)C(C)C. The van der Waals surface area contributed by atoms with Crippen LogP contribution in [0.2, 0.25) is 0 Å². The maximum Gasteiger partial charge on any atom is 0.407 e. The maximum atomic E-state index is 14.3. The molecule has 13 nitrogen and oxygen atoms in total. The number of likely N-dealkylation sites (tertiary alicyclic amines) is 2. The van der Waals surface area contributed by atoms with E-state index in [4.69, 9.17) is 24.2 Å². The van der Waals surface area contributed by atoms with Crippen LogP contribution in [0.4, 0.5) is 4.79 Å². The van der Waals surface area contributed by atoms with E-state index in [1.165, 1.54) is 7.11 Å². The largest absolute Gasteiger partial charge is 0.453 e. The molecule has 3 N–H and O–H groups in total. The van der Waals surface area contributed by atoms with E-state index in [1.807, 2.05) is 37.9 Å². The Balaban J connectivity index is 0.957. The fourth-order valence-corrected chi connectivity index (χ4v) is 10.5. The third-order valence-corrected chi connectivity index (χ3v) is 14.4. The van der Waals surface area contributed by atoms with Gasteiger partial charge in [0.05, 0.1) is 55.3 Å². The summed E-state index contributed by atoms with van der Waals surface area (Å²) in [5, 5.41) is 4.91. The van der Waals surface area contributed by atoms with Gasteiger partial charge in [-0.25, -0.2) is 14.8 Å². The number of hydrogen-bond acceptors (Lipinski definition) is 8. The van der Waals surface area contributed by atoms with Crippen LogP contribution in [-0.2, 0) is 23.8 Å². The minimum atomic E-state index is -0.734. The molecule has 0 aliphatic carbocycles. The van der Waals surface area contributed by atoms with Crippen molar-refractivity contribution in [2.24, 2.45) is 28.6 Å². The molecule has 13 heteroatoms. The lowest BCUT2D eigenvalue weighted by Gasteiger charge is -2.33. The number of aromatic nitrogens is 4. The van der Waals surface area contributed by atoms with Crippen molar-refractivity contribution in [2.75, 3.05) is 46.6 Å². The molecule has 0 saturated carbocycles. The summed E-state index contributed by atoms with van der Waals surface area (Å²) in [4.78, 5) is 61.6. The number of hydrogen-bond donors (Lipinski definition) is 3. The van der Waals surface area contributed by atoms with E-state index in [1.54, 1.807) is 0 Å². The molecule has 6 atom stereocenters. The Morgan fingerprint density at radius 3 is 2.02 bits per heavy atom. The van der Waals surface area contributed by atoms with Gasteiger partial charge in [0, 0.05) is 48.4 Å². The van der Waals surface area contributed by atoms with Crippen molar-refractivity contribution in [3.05, 3.63) is 72.4 Å². The first-order chi connectivity index (χ1) is 29.9. The summed E-state index contributed by atoms with van der Waals surface area (Å²) >= 11 is 0. The van der Waals surface area contributed by atoms with E-state index >= 15 is 0 Å². The molecule has 0 radical (unpaired) electrons. The molecule has 2 aromatic heterocycles. The van der Waals surface area contributed by atoms with Crippen LogP contribution in [0.15, 0.2) is 60.8 Å². The summed E-state index contributed by atoms with van der Waals surface area (Å²) in [5.41, 5.74) is 5.72. The van der Waals surface area contributed by atoms with Crippen molar-refractivity contribution >= 4 is 39.7 Å². The number of nitrogens with one attached hydrogen (secondary N) is 3. The van der Waals surface area contributed by atoms with Crippen LogP contribution in [-0.4, -0.2) is 100 Å². The number of nitrogens with zero attached hydrogens (tertiary/aromatic N) is 4. The van der Waals surface area contributed by atoms with E-state index in [2.05, 4.69) is 82.6 Å². The van der Waals surface area contributed by atoms with Crippen LogP contribution < -0.4 is 5.32 Å². The Morgan fingerprint density at radius 1 is 0.774 bits per heavy atom. The lowest BCUT2D eigenvalue weighted by atomic mass is 9.80. The molecule has 62 heavy (non-hydrogen) atoms. The predicted octanol–water partition coefficient (Wildman–Crippen LogP) is 8.59. The second-order valence-electron chi connectivity index (χ2n) is 19.4. The average Bonchev–Trinajstić information content (AvgIpc) is 4.10. The van der Waals surface area contributed by atoms with Crippen LogP contribution in [0.5, 0.6) is 0 Å². The van der Waals surface area contributed by atoms with Gasteiger partial charge in [-0.3, -0.25) is 9.59 Å². The zero-order valence-corrected chi connectivity index (χ0v) is 37.0. The minimum absolute atomic E-state index is 0.0243. The van der Waals surface area contributed by atoms with E-state index in [-0.39, 0.29) is 52.5 Å². The first-order valence-electron chi connectivity index (χ1n) is 22.6. The van der Waals surface area contributed by atoms with Gasteiger partial charge in [-0.05, 0) is 84.6 Å². The van der Waals surface area contributed by atoms with Crippen molar-refractivity contribution in [1.82, 2.24) is 35.1 Å². The Kier molecular flexibility index (Phi) is 11.4. The molecule has 3 aromatic carbocycles. The van der Waals surface area contributed by atoms with E-state index in [0.717, 1.165) is 108 Å². The summed E-state index contributed by atoms with van der Waals surface area (Å²) in [7, 11) is 1.31. The Hall–Kier alpha value is -5.27. The quantitative estimate of drug-likeness (QED) is 0.133. The van der Waals surface area contributed by atoms with Gasteiger partial charge < -0.3 is 39.3 Å². The number of fused-ring (bicyclic) bond motifs is 3. The number of alkyl carbamates (subject to hydrolysis) is 1. The molecule has 2 spiro atoms. The normalized spacial score (nSPS) is 25.1. The zero-order valence-electron chi connectivity index (χ0n) is 37.0. The highest BCUT2D eigenvalue weighted by molar-refractivity contribution is 6.05. The highest BCUT2D eigenvalue weighted by atomic mass is 16.5. The third kappa shape index (κ3) is 7.87. The number of amides is 3. The molecule has 4 aliphatic heterocycles. The van der Waals surface area contributed by atoms with Gasteiger partial charge >= 0.3 is 6.09 Å². The smallest absolute Gasteiger partial charge is 0.407 e. The van der Waals surface area contributed by atoms with Crippen molar-refractivity contribution in [1.29, 1.82) is 0 Å². The van der Waals surface area contributed by atoms with Crippen molar-refractivity contribution in [2.45, 2.75) is 91.3 Å². The molecule has 0 bridgehead atoms. The van der Waals surface area contributed by atoms with E-state index in [9.17, 15) is 14.4 Å². The number of methoxy groups -OCH3 is 1. The molecule has 0 unspecified atom stereocenters. The lowest BCUT2D eigenvalue weighted by molar-refractivity contribution is -0.138.